The molecular formula is C48H78. The van der Waals surface area contributed by atoms with E-state index in [-0.39, 0.29) is 0 Å². The lowest BCUT2D eigenvalue weighted by Crippen LogP contribution is -2.25. The Morgan fingerprint density at radius 3 is 1.46 bits per heavy atom. The molecule has 2 aromatic carbocycles. The molecule has 0 N–H and O–H groups in total. The van der Waals surface area contributed by atoms with Crippen LogP contribution in [0.25, 0.3) is 11.1 Å². The fourth-order valence-corrected chi connectivity index (χ4v) is 9.93. The number of rotatable bonds is 23. The van der Waals surface area contributed by atoms with E-state index in [2.05, 4.69) is 64.1 Å². The predicted octanol–water partition coefficient (Wildman–Crippen LogP) is 16.0. The maximum atomic E-state index is 2.53. The number of hydrogen-bond acceptors (Lipinski definition) is 0. The van der Waals surface area contributed by atoms with Gasteiger partial charge in [-0.05, 0) is 122 Å². The number of hydrogen-bond donors (Lipinski definition) is 0. The second kappa shape index (κ2) is 21.6. The average molecular weight is 655 g/mol. The minimum absolute atomic E-state index is 0.615. The Bertz CT molecular complexity index is 1140. The van der Waals surface area contributed by atoms with Gasteiger partial charge in [0.25, 0.3) is 0 Å². The quantitative estimate of drug-likeness (QED) is 0.105. The molecule has 0 aromatic heterocycles. The topological polar surface area (TPSA) is 0 Å². The molecule has 0 heteroatoms. The van der Waals surface area contributed by atoms with Crippen LogP contribution in [0.15, 0.2) is 36.4 Å². The standard InChI is InChI=1S/C48H78/c1-5-7-9-11-13-15-19-31-47(33-21-17-22-34-47)37-29-43-25-28-46(42(4)39-43)45-27-26-44(41(3)40-45)30-38-48(35-23-18-24-36-48)32-20-16-14-12-10-8-6-2/h25-28,39-40H,5-24,29-38H2,1-4H3. The minimum atomic E-state index is 0.615. The van der Waals surface area contributed by atoms with Crippen molar-refractivity contribution in [1.29, 1.82) is 0 Å². The summed E-state index contributed by atoms with van der Waals surface area (Å²) >= 11 is 0. The van der Waals surface area contributed by atoms with Gasteiger partial charge in [-0.1, -0.05) is 179 Å². The summed E-state index contributed by atoms with van der Waals surface area (Å²) in [7, 11) is 0. The zero-order valence-electron chi connectivity index (χ0n) is 32.7. The highest BCUT2D eigenvalue weighted by Gasteiger charge is 2.32. The third-order valence-electron chi connectivity index (χ3n) is 13.3. The summed E-state index contributed by atoms with van der Waals surface area (Å²) in [5.41, 5.74) is 10.2. The largest absolute Gasteiger partial charge is 0.0654 e. The molecule has 0 spiro atoms. The Balaban J connectivity index is 1.29. The van der Waals surface area contributed by atoms with Crippen LogP contribution in [-0.2, 0) is 12.8 Å². The summed E-state index contributed by atoms with van der Waals surface area (Å²) in [5, 5.41) is 0. The molecule has 2 saturated carbocycles. The van der Waals surface area contributed by atoms with Crippen molar-refractivity contribution in [2.24, 2.45) is 10.8 Å². The Labute approximate surface area is 300 Å². The van der Waals surface area contributed by atoms with Crippen molar-refractivity contribution in [1.82, 2.24) is 0 Å². The lowest BCUT2D eigenvalue weighted by molar-refractivity contribution is 0.152. The van der Waals surface area contributed by atoms with Gasteiger partial charge in [0.15, 0.2) is 0 Å². The third kappa shape index (κ3) is 13.0. The molecule has 0 heterocycles. The lowest BCUT2D eigenvalue weighted by atomic mass is 9.67. The normalized spacial score (nSPS) is 17.5. The van der Waals surface area contributed by atoms with Crippen LogP contribution in [0.4, 0.5) is 0 Å². The van der Waals surface area contributed by atoms with Crippen LogP contribution in [0, 0.1) is 24.7 Å². The van der Waals surface area contributed by atoms with Crippen LogP contribution >= 0.6 is 0 Å². The van der Waals surface area contributed by atoms with E-state index in [1.807, 2.05) is 0 Å². The fraction of sp³-hybridized carbons (Fsp3) is 0.750. The second-order valence-electron chi connectivity index (χ2n) is 17.2. The molecule has 2 aliphatic rings. The van der Waals surface area contributed by atoms with Gasteiger partial charge in [0, 0.05) is 0 Å². The molecule has 2 aliphatic carbocycles. The Kier molecular flexibility index (Phi) is 17.7. The van der Waals surface area contributed by atoms with Gasteiger partial charge in [-0.3, -0.25) is 0 Å². The molecule has 0 nitrogen and oxygen atoms in total. The van der Waals surface area contributed by atoms with Gasteiger partial charge in [0.1, 0.15) is 0 Å². The smallest absolute Gasteiger partial charge is 0.0154 e. The first-order valence-corrected chi connectivity index (χ1v) is 21.7. The van der Waals surface area contributed by atoms with Gasteiger partial charge in [-0.2, -0.15) is 0 Å². The van der Waals surface area contributed by atoms with Gasteiger partial charge < -0.3 is 0 Å². The zero-order valence-corrected chi connectivity index (χ0v) is 32.7. The van der Waals surface area contributed by atoms with Crippen molar-refractivity contribution in [3.05, 3.63) is 58.7 Å². The molecule has 0 amide bonds. The second-order valence-corrected chi connectivity index (χ2v) is 17.2. The first-order chi connectivity index (χ1) is 23.5. The molecule has 0 aliphatic heterocycles. The maximum Gasteiger partial charge on any atom is -0.0154 e. The average Bonchev–Trinajstić information content (AvgIpc) is 3.10. The molecule has 2 aromatic rings. The molecule has 0 saturated heterocycles. The van der Waals surface area contributed by atoms with Crippen LogP contribution in [0.1, 0.15) is 216 Å². The highest BCUT2D eigenvalue weighted by atomic mass is 14.4. The van der Waals surface area contributed by atoms with Crippen molar-refractivity contribution >= 4 is 0 Å². The van der Waals surface area contributed by atoms with Gasteiger partial charge >= 0.3 is 0 Å². The van der Waals surface area contributed by atoms with Crippen molar-refractivity contribution in [2.45, 2.75) is 220 Å². The fourth-order valence-electron chi connectivity index (χ4n) is 9.93. The monoisotopic (exact) mass is 655 g/mol. The van der Waals surface area contributed by atoms with E-state index >= 15 is 0 Å². The Morgan fingerprint density at radius 2 is 0.958 bits per heavy atom. The van der Waals surface area contributed by atoms with Gasteiger partial charge in [0.05, 0.1) is 0 Å². The van der Waals surface area contributed by atoms with Gasteiger partial charge in [-0.15, -0.1) is 0 Å². The van der Waals surface area contributed by atoms with E-state index in [0.29, 0.717) is 10.8 Å². The predicted molar refractivity (Wildman–Crippen MR) is 214 cm³/mol. The summed E-state index contributed by atoms with van der Waals surface area (Å²) in [6.07, 6.45) is 43.1. The molecule has 4 rings (SSSR count). The first-order valence-electron chi connectivity index (χ1n) is 21.7. The highest BCUT2D eigenvalue weighted by Crippen LogP contribution is 2.46. The molecule has 0 radical (unpaired) electrons. The SMILES string of the molecule is CCCCCCCCCC1(CCc2ccc(-c3ccc(CCC4(CCCCCCCCC)CCCCC4)c(C)c3)c(C)c2)CCCCC1. The molecule has 0 unspecified atom stereocenters. The third-order valence-corrected chi connectivity index (χ3v) is 13.3. The van der Waals surface area contributed by atoms with Crippen LogP contribution in [0.2, 0.25) is 0 Å². The summed E-state index contributed by atoms with van der Waals surface area (Å²) in [6.45, 7) is 9.38. The van der Waals surface area contributed by atoms with Crippen LogP contribution in [0.3, 0.4) is 0 Å². The highest BCUT2D eigenvalue weighted by molar-refractivity contribution is 5.68. The number of benzene rings is 2. The molecule has 0 atom stereocenters. The molecular weight excluding hydrogens is 577 g/mol. The summed E-state index contributed by atoms with van der Waals surface area (Å²) in [6, 6.07) is 14.9. The summed E-state index contributed by atoms with van der Waals surface area (Å²) < 4.78 is 0. The summed E-state index contributed by atoms with van der Waals surface area (Å²) in [5.74, 6) is 0. The van der Waals surface area contributed by atoms with Crippen LogP contribution < -0.4 is 0 Å². The molecule has 2 fully saturated rings. The van der Waals surface area contributed by atoms with Gasteiger partial charge in [0.2, 0.25) is 0 Å². The van der Waals surface area contributed by atoms with Gasteiger partial charge in [-0.25, -0.2) is 0 Å². The Morgan fingerprint density at radius 1 is 0.458 bits per heavy atom. The summed E-state index contributed by atoms with van der Waals surface area (Å²) in [4.78, 5) is 0. The number of unbranched alkanes of at least 4 members (excludes halogenated alkanes) is 12. The van der Waals surface area contributed by atoms with E-state index in [1.54, 1.807) is 11.1 Å². The van der Waals surface area contributed by atoms with E-state index in [0.717, 1.165) is 0 Å². The van der Waals surface area contributed by atoms with Crippen LogP contribution in [-0.4, -0.2) is 0 Å². The van der Waals surface area contributed by atoms with Crippen LogP contribution in [0.5, 0.6) is 0 Å². The maximum absolute atomic E-state index is 2.53. The molecule has 270 valence electrons. The molecule has 0 bridgehead atoms. The van der Waals surface area contributed by atoms with Crippen molar-refractivity contribution in [2.75, 3.05) is 0 Å². The van der Waals surface area contributed by atoms with E-state index in [4.69, 9.17) is 0 Å². The van der Waals surface area contributed by atoms with E-state index in [9.17, 15) is 0 Å². The van der Waals surface area contributed by atoms with Crippen molar-refractivity contribution in [3.8, 4) is 11.1 Å². The lowest BCUT2D eigenvalue weighted by Gasteiger charge is -2.38. The van der Waals surface area contributed by atoms with E-state index < -0.39 is 0 Å². The zero-order chi connectivity index (χ0) is 33.9. The van der Waals surface area contributed by atoms with Crippen molar-refractivity contribution < 1.29 is 0 Å². The van der Waals surface area contributed by atoms with E-state index in [1.165, 1.54) is 215 Å². The minimum Gasteiger partial charge on any atom is -0.0654 e. The first kappa shape index (κ1) is 39.2. The Hall–Kier alpha value is -1.56. The molecule has 48 heavy (non-hydrogen) atoms. The van der Waals surface area contributed by atoms with Crippen molar-refractivity contribution in [3.63, 3.8) is 0 Å². The number of aryl methyl sites for hydroxylation is 4.